The van der Waals surface area contributed by atoms with Gasteiger partial charge in [0.2, 0.25) is 0 Å². The van der Waals surface area contributed by atoms with Gasteiger partial charge in [-0.3, -0.25) is 14.4 Å². The molecule has 1 atom stereocenters. The van der Waals surface area contributed by atoms with E-state index in [0.717, 1.165) is 0 Å². The van der Waals surface area contributed by atoms with Gasteiger partial charge >= 0.3 is 11.9 Å². The van der Waals surface area contributed by atoms with E-state index < -0.39 is 37.7 Å². The van der Waals surface area contributed by atoms with Gasteiger partial charge in [-0.15, -0.1) is 0 Å². The topological polar surface area (TPSA) is 128 Å². The molecular formula is C7H13NO7. The number of aliphatic hydroxyl groups excluding tert-OH is 2. The molecule has 4 N–H and O–H groups in total. The summed E-state index contributed by atoms with van der Waals surface area (Å²) in [6, 6.07) is 0. The Bertz CT molecular complexity index is 203. The maximum Gasteiger partial charge on any atom is 0.320 e. The highest BCUT2D eigenvalue weighted by Crippen LogP contribution is 1.93. The van der Waals surface area contributed by atoms with E-state index in [1.165, 1.54) is 0 Å². The summed E-state index contributed by atoms with van der Waals surface area (Å²) >= 11 is 0. The Morgan fingerprint density at radius 3 is 2.00 bits per heavy atom. The summed E-state index contributed by atoms with van der Waals surface area (Å²) in [5.41, 5.74) is 0. The van der Waals surface area contributed by atoms with Crippen molar-refractivity contribution in [2.75, 3.05) is 26.3 Å². The number of hydrogen-bond acceptors (Lipinski definition) is 6. The Morgan fingerprint density at radius 2 is 1.67 bits per heavy atom. The van der Waals surface area contributed by atoms with Crippen molar-refractivity contribution in [2.24, 2.45) is 0 Å². The van der Waals surface area contributed by atoms with Crippen LogP contribution in [0.25, 0.3) is 0 Å². The zero-order valence-electron chi connectivity index (χ0n) is 7.87. The summed E-state index contributed by atoms with van der Waals surface area (Å²) in [4.78, 5) is 25.2. The molecule has 0 aliphatic rings. The average molecular weight is 223 g/mol. The van der Waals surface area contributed by atoms with Gasteiger partial charge in [0.15, 0.2) is 0 Å². The van der Waals surface area contributed by atoms with Crippen molar-refractivity contribution in [3.8, 4) is 0 Å². The molecule has 0 bridgehead atoms. The van der Waals surface area contributed by atoms with Crippen LogP contribution >= 0.6 is 0 Å². The maximum atomic E-state index is 10.3. The lowest BCUT2D eigenvalue weighted by Crippen LogP contribution is -2.37. The van der Waals surface area contributed by atoms with Gasteiger partial charge in [0.25, 0.3) is 0 Å². The molecule has 0 aliphatic heterocycles. The van der Waals surface area contributed by atoms with E-state index in [-0.39, 0.29) is 6.61 Å². The molecule has 0 aromatic heterocycles. The molecule has 8 heteroatoms. The second-order valence-electron chi connectivity index (χ2n) is 2.72. The normalized spacial score (nSPS) is 12.7. The van der Waals surface area contributed by atoms with Crippen molar-refractivity contribution in [3.05, 3.63) is 0 Å². The summed E-state index contributed by atoms with van der Waals surface area (Å²) in [7, 11) is 0. The van der Waals surface area contributed by atoms with Crippen molar-refractivity contribution >= 4 is 11.9 Å². The van der Waals surface area contributed by atoms with Gasteiger partial charge < -0.3 is 20.4 Å². The molecule has 0 heterocycles. The van der Waals surface area contributed by atoms with Gasteiger partial charge in [-0.05, 0) is 0 Å². The molecule has 0 aliphatic carbocycles. The van der Waals surface area contributed by atoms with Crippen molar-refractivity contribution < 1.29 is 34.9 Å². The molecule has 15 heavy (non-hydrogen) atoms. The summed E-state index contributed by atoms with van der Waals surface area (Å²) in [6.45, 7) is -2.15. The van der Waals surface area contributed by atoms with Gasteiger partial charge in [0, 0.05) is 0 Å². The monoisotopic (exact) mass is 223 g/mol. The maximum absolute atomic E-state index is 10.3. The predicted molar refractivity (Wildman–Crippen MR) is 45.9 cm³/mol. The van der Waals surface area contributed by atoms with E-state index in [4.69, 9.17) is 20.4 Å². The average Bonchev–Trinajstić information content (AvgIpc) is 2.11. The minimum Gasteiger partial charge on any atom is -0.480 e. The molecule has 0 amide bonds. The molecular weight excluding hydrogens is 210 g/mol. The SMILES string of the molecule is O=C(O)CN(CC(=O)O)OCC(O)CO. The molecule has 0 spiro atoms. The van der Waals surface area contributed by atoms with Crippen LogP contribution in [0.4, 0.5) is 0 Å². The molecule has 0 aromatic rings. The number of carboxylic acids is 2. The molecule has 0 radical (unpaired) electrons. The molecule has 1 unspecified atom stereocenters. The van der Waals surface area contributed by atoms with E-state index in [0.29, 0.717) is 5.06 Å². The van der Waals surface area contributed by atoms with Crippen molar-refractivity contribution in [2.45, 2.75) is 6.10 Å². The molecule has 0 rings (SSSR count). The Balaban J connectivity index is 4.00. The van der Waals surface area contributed by atoms with Gasteiger partial charge in [-0.2, -0.15) is 5.06 Å². The van der Waals surface area contributed by atoms with E-state index in [2.05, 4.69) is 4.84 Å². The van der Waals surface area contributed by atoms with Crippen LogP contribution in [0.5, 0.6) is 0 Å². The van der Waals surface area contributed by atoms with Crippen LogP contribution in [0.2, 0.25) is 0 Å². The first-order valence-electron chi connectivity index (χ1n) is 4.06. The van der Waals surface area contributed by atoms with Crippen LogP contribution in [-0.2, 0) is 14.4 Å². The third-order valence-electron chi connectivity index (χ3n) is 1.28. The molecule has 0 saturated carbocycles. The van der Waals surface area contributed by atoms with E-state index >= 15 is 0 Å². The summed E-state index contributed by atoms with van der Waals surface area (Å²) in [5, 5.41) is 34.8. The van der Waals surface area contributed by atoms with Crippen molar-refractivity contribution in [1.82, 2.24) is 5.06 Å². The second-order valence-corrected chi connectivity index (χ2v) is 2.72. The van der Waals surface area contributed by atoms with E-state index in [9.17, 15) is 9.59 Å². The van der Waals surface area contributed by atoms with Crippen molar-refractivity contribution in [3.63, 3.8) is 0 Å². The third kappa shape index (κ3) is 7.82. The van der Waals surface area contributed by atoms with Crippen LogP contribution in [-0.4, -0.2) is 69.8 Å². The Labute approximate surface area is 85.3 Å². The first kappa shape index (κ1) is 13.8. The number of rotatable bonds is 8. The minimum atomic E-state index is -1.25. The van der Waals surface area contributed by atoms with Gasteiger partial charge in [0.1, 0.15) is 19.2 Å². The molecule has 0 saturated heterocycles. The number of aliphatic hydroxyl groups is 2. The molecule has 8 nitrogen and oxygen atoms in total. The Morgan fingerprint density at radius 1 is 1.20 bits per heavy atom. The number of nitrogens with zero attached hydrogens (tertiary/aromatic N) is 1. The number of carbonyl (C=O) groups is 2. The quantitative estimate of drug-likeness (QED) is 0.339. The van der Waals surface area contributed by atoms with Crippen LogP contribution < -0.4 is 0 Å². The highest BCUT2D eigenvalue weighted by atomic mass is 16.7. The lowest BCUT2D eigenvalue weighted by molar-refractivity contribution is -0.196. The fraction of sp³-hybridized carbons (Fsp3) is 0.714. The minimum absolute atomic E-state index is 0.364. The second kappa shape index (κ2) is 7.12. The first-order chi connectivity index (χ1) is 6.95. The van der Waals surface area contributed by atoms with Crippen LogP contribution in [0.3, 0.4) is 0 Å². The number of aliphatic carboxylic acids is 2. The summed E-state index contributed by atoms with van der Waals surface area (Å²) < 4.78 is 0. The van der Waals surface area contributed by atoms with Crippen LogP contribution in [0, 0.1) is 0 Å². The first-order valence-corrected chi connectivity index (χ1v) is 4.06. The fourth-order valence-corrected chi connectivity index (χ4v) is 0.693. The summed E-state index contributed by atoms with van der Waals surface area (Å²) in [6.07, 6.45) is -1.17. The Hall–Kier alpha value is -1.22. The zero-order chi connectivity index (χ0) is 11.8. The molecule has 0 fully saturated rings. The lowest BCUT2D eigenvalue weighted by atomic mass is 10.4. The largest absolute Gasteiger partial charge is 0.480 e. The highest BCUT2D eigenvalue weighted by Gasteiger charge is 2.15. The third-order valence-corrected chi connectivity index (χ3v) is 1.28. The standard InChI is InChI=1S/C7H13NO7/c9-3-5(10)4-15-8(1-6(11)12)2-7(13)14/h5,9-10H,1-4H2,(H,11,12)(H,13,14). The summed E-state index contributed by atoms with van der Waals surface area (Å²) in [5.74, 6) is -2.51. The van der Waals surface area contributed by atoms with Crippen LogP contribution in [0.15, 0.2) is 0 Å². The van der Waals surface area contributed by atoms with Crippen molar-refractivity contribution in [1.29, 1.82) is 0 Å². The number of hydroxylamine groups is 2. The smallest absolute Gasteiger partial charge is 0.320 e. The van der Waals surface area contributed by atoms with Crippen LogP contribution in [0.1, 0.15) is 0 Å². The molecule has 88 valence electrons. The number of carboxylic acid groups (broad SMARTS) is 2. The van der Waals surface area contributed by atoms with Gasteiger partial charge in [-0.25, -0.2) is 0 Å². The van der Waals surface area contributed by atoms with Gasteiger partial charge in [-0.1, -0.05) is 0 Å². The zero-order valence-corrected chi connectivity index (χ0v) is 7.87. The number of hydrogen-bond donors (Lipinski definition) is 4. The van der Waals surface area contributed by atoms with E-state index in [1.807, 2.05) is 0 Å². The predicted octanol–water partition coefficient (Wildman–Crippen LogP) is -2.26. The van der Waals surface area contributed by atoms with Gasteiger partial charge in [0.05, 0.1) is 13.2 Å². The lowest BCUT2D eigenvalue weighted by Gasteiger charge is -2.18. The highest BCUT2D eigenvalue weighted by molar-refractivity contribution is 5.72. The molecule has 0 aromatic carbocycles. The van der Waals surface area contributed by atoms with E-state index in [1.54, 1.807) is 0 Å². The fourth-order valence-electron chi connectivity index (χ4n) is 0.693. The Kier molecular flexibility index (Phi) is 6.54.